The molecule has 0 fully saturated rings. The molecule has 0 saturated carbocycles. The number of amides is 1. The SMILES string of the molecule is COCCN(CCOC)C(=O)C(C)Cc1ccc(O)c(O)c1. The highest BCUT2D eigenvalue weighted by molar-refractivity contribution is 5.78. The highest BCUT2D eigenvalue weighted by Gasteiger charge is 2.20. The maximum atomic E-state index is 12.5. The van der Waals surface area contributed by atoms with Crippen LogP contribution in [0.25, 0.3) is 0 Å². The minimum Gasteiger partial charge on any atom is -0.504 e. The molecule has 1 atom stereocenters. The van der Waals surface area contributed by atoms with Gasteiger partial charge in [-0.1, -0.05) is 13.0 Å². The van der Waals surface area contributed by atoms with E-state index < -0.39 is 0 Å². The molecule has 2 N–H and O–H groups in total. The third-order valence-corrected chi connectivity index (χ3v) is 3.45. The van der Waals surface area contributed by atoms with Crippen LogP contribution in [0.4, 0.5) is 0 Å². The average Bonchev–Trinajstić information content (AvgIpc) is 2.50. The van der Waals surface area contributed by atoms with Crippen LogP contribution in [0.1, 0.15) is 12.5 Å². The number of methoxy groups -OCH3 is 2. The lowest BCUT2D eigenvalue weighted by atomic mass is 9.99. The molecular weight excluding hydrogens is 286 g/mol. The monoisotopic (exact) mass is 311 g/mol. The molecular formula is C16H25NO5. The molecule has 1 amide bonds. The fourth-order valence-electron chi connectivity index (χ4n) is 2.18. The van der Waals surface area contributed by atoms with Gasteiger partial charge >= 0.3 is 0 Å². The smallest absolute Gasteiger partial charge is 0.225 e. The minimum absolute atomic E-state index is 0.0154. The summed E-state index contributed by atoms with van der Waals surface area (Å²) in [5, 5.41) is 18.8. The number of aromatic hydroxyl groups is 2. The Labute approximate surface area is 131 Å². The van der Waals surface area contributed by atoms with Gasteiger partial charge in [0, 0.05) is 33.2 Å². The van der Waals surface area contributed by atoms with Gasteiger partial charge in [-0.3, -0.25) is 4.79 Å². The number of phenols is 2. The normalized spacial score (nSPS) is 12.1. The van der Waals surface area contributed by atoms with E-state index in [4.69, 9.17) is 9.47 Å². The molecule has 0 saturated heterocycles. The molecule has 124 valence electrons. The summed E-state index contributed by atoms with van der Waals surface area (Å²) >= 11 is 0. The minimum atomic E-state index is -0.238. The first kappa shape index (κ1) is 18.3. The van der Waals surface area contributed by atoms with E-state index in [0.29, 0.717) is 32.7 Å². The third-order valence-electron chi connectivity index (χ3n) is 3.45. The highest BCUT2D eigenvalue weighted by atomic mass is 16.5. The summed E-state index contributed by atoms with van der Waals surface area (Å²) in [5.74, 6) is -0.559. The van der Waals surface area contributed by atoms with Crippen molar-refractivity contribution in [2.45, 2.75) is 13.3 Å². The molecule has 0 heterocycles. The van der Waals surface area contributed by atoms with Gasteiger partial charge in [-0.25, -0.2) is 0 Å². The van der Waals surface area contributed by atoms with Crippen molar-refractivity contribution in [3.8, 4) is 11.5 Å². The van der Waals surface area contributed by atoms with Crippen molar-refractivity contribution in [2.75, 3.05) is 40.5 Å². The maximum Gasteiger partial charge on any atom is 0.225 e. The van der Waals surface area contributed by atoms with Gasteiger partial charge in [-0.05, 0) is 24.1 Å². The number of ether oxygens (including phenoxy) is 2. The van der Waals surface area contributed by atoms with Crippen LogP contribution < -0.4 is 0 Å². The second-order valence-electron chi connectivity index (χ2n) is 5.24. The molecule has 6 heteroatoms. The number of carbonyl (C=O) groups excluding carboxylic acids is 1. The van der Waals surface area contributed by atoms with Crippen LogP contribution >= 0.6 is 0 Å². The van der Waals surface area contributed by atoms with Crippen LogP contribution in [0.5, 0.6) is 11.5 Å². The molecule has 22 heavy (non-hydrogen) atoms. The van der Waals surface area contributed by atoms with E-state index in [1.165, 1.54) is 12.1 Å². The van der Waals surface area contributed by atoms with Gasteiger partial charge in [0.1, 0.15) is 0 Å². The van der Waals surface area contributed by atoms with E-state index in [9.17, 15) is 15.0 Å². The number of hydrogen-bond acceptors (Lipinski definition) is 5. The summed E-state index contributed by atoms with van der Waals surface area (Å²) < 4.78 is 10.1. The molecule has 0 aliphatic rings. The number of phenolic OH excluding ortho intramolecular Hbond substituents is 2. The zero-order valence-corrected chi connectivity index (χ0v) is 13.4. The van der Waals surface area contributed by atoms with E-state index in [-0.39, 0.29) is 23.3 Å². The Hall–Kier alpha value is -1.79. The third kappa shape index (κ3) is 5.54. The molecule has 0 spiro atoms. The van der Waals surface area contributed by atoms with Crippen molar-refractivity contribution >= 4 is 5.91 Å². The predicted octanol–water partition coefficient (Wildman–Crippen LogP) is 1.40. The lowest BCUT2D eigenvalue weighted by molar-refractivity contribution is -0.136. The van der Waals surface area contributed by atoms with Gasteiger partial charge in [0.15, 0.2) is 11.5 Å². The number of benzene rings is 1. The lowest BCUT2D eigenvalue weighted by Crippen LogP contribution is -2.40. The second-order valence-corrected chi connectivity index (χ2v) is 5.24. The summed E-state index contributed by atoms with van der Waals surface area (Å²) in [6.45, 7) is 3.83. The van der Waals surface area contributed by atoms with Gasteiger partial charge in [0.25, 0.3) is 0 Å². The summed E-state index contributed by atoms with van der Waals surface area (Å²) in [6, 6.07) is 4.61. The summed E-state index contributed by atoms with van der Waals surface area (Å²) in [7, 11) is 3.20. The Bertz CT molecular complexity index is 470. The number of carbonyl (C=O) groups is 1. The summed E-state index contributed by atoms with van der Waals surface area (Å²) in [6.07, 6.45) is 0.489. The molecule has 0 aliphatic carbocycles. The molecule has 1 unspecified atom stereocenters. The van der Waals surface area contributed by atoms with Crippen LogP contribution in [0.2, 0.25) is 0 Å². The van der Waals surface area contributed by atoms with Crippen molar-refractivity contribution < 1.29 is 24.5 Å². The number of rotatable bonds is 9. The topological polar surface area (TPSA) is 79.2 Å². The first-order valence-corrected chi connectivity index (χ1v) is 7.27. The fourth-order valence-corrected chi connectivity index (χ4v) is 2.18. The molecule has 6 nitrogen and oxygen atoms in total. The molecule has 1 rings (SSSR count). The van der Waals surface area contributed by atoms with Gasteiger partial charge < -0.3 is 24.6 Å². The number of nitrogens with zero attached hydrogens (tertiary/aromatic N) is 1. The Morgan fingerprint density at radius 2 is 1.73 bits per heavy atom. The van der Waals surface area contributed by atoms with Crippen LogP contribution in [-0.2, 0) is 20.7 Å². The zero-order chi connectivity index (χ0) is 16.5. The van der Waals surface area contributed by atoms with Crippen LogP contribution in [0.3, 0.4) is 0 Å². The van der Waals surface area contributed by atoms with Crippen LogP contribution in [-0.4, -0.2) is 61.5 Å². The highest BCUT2D eigenvalue weighted by Crippen LogP contribution is 2.26. The summed E-state index contributed by atoms with van der Waals surface area (Å²) in [4.78, 5) is 14.2. The quantitative estimate of drug-likeness (QED) is 0.674. The summed E-state index contributed by atoms with van der Waals surface area (Å²) in [5.41, 5.74) is 0.801. The standard InChI is InChI=1S/C16H25NO5/c1-12(10-13-4-5-14(18)15(19)11-13)16(20)17(6-8-21-2)7-9-22-3/h4-5,11-12,18-19H,6-10H2,1-3H3. The van der Waals surface area contributed by atoms with E-state index in [2.05, 4.69) is 0 Å². The molecule has 0 bridgehead atoms. The predicted molar refractivity (Wildman–Crippen MR) is 83.0 cm³/mol. The van der Waals surface area contributed by atoms with Gasteiger partial charge in [-0.15, -0.1) is 0 Å². The second kappa shape index (κ2) is 9.27. The molecule has 0 radical (unpaired) electrons. The van der Waals surface area contributed by atoms with Gasteiger partial charge in [0.05, 0.1) is 13.2 Å². The van der Waals surface area contributed by atoms with Crippen molar-refractivity contribution in [1.82, 2.24) is 4.90 Å². The van der Waals surface area contributed by atoms with Gasteiger partial charge in [-0.2, -0.15) is 0 Å². The Kier molecular flexibility index (Phi) is 7.70. The van der Waals surface area contributed by atoms with Crippen molar-refractivity contribution in [3.63, 3.8) is 0 Å². The Morgan fingerprint density at radius 1 is 1.14 bits per heavy atom. The molecule has 1 aromatic rings. The molecule has 0 aliphatic heterocycles. The zero-order valence-electron chi connectivity index (χ0n) is 13.4. The van der Waals surface area contributed by atoms with E-state index >= 15 is 0 Å². The van der Waals surface area contributed by atoms with Crippen molar-refractivity contribution in [2.24, 2.45) is 5.92 Å². The van der Waals surface area contributed by atoms with E-state index in [0.717, 1.165) is 5.56 Å². The first-order valence-electron chi connectivity index (χ1n) is 7.27. The Balaban J connectivity index is 2.68. The van der Waals surface area contributed by atoms with Crippen molar-refractivity contribution in [3.05, 3.63) is 23.8 Å². The first-order chi connectivity index (χ1) is 10.5. The molecule has 0 aromatic heterocycles. The van der Waals surface area contributed by atoms with Crippen LogP contribution in [0, 0.1) is 5.92 Å². The lowest BCUT2D eigenvalue weighted by Gasteiger charge is -2.25. The van der Waals surface area contributed by atoms with E-state index in [1.807, 2.05) is 6.92 Å². The van der Waals surface area contributed by atoms with Crippen LogP contribution in [0.15, 0.2) is 18.2 Å². The van der Waals surface area contributed by atoms with Gasteiger partial charge in [0.2, 0.25) is 5.91 Å². The largest absolute Gasteiger partial charge is 0.504 e. The molecule has 1 aromatic carbocycles. The Morgan fingerprint density at radius 3 is 2.23 bits per heavy atom. The van der Waals surface area contributed by atoms with Crippen molar-refractivity contribution in [1.29, 1.82) is 0 Å². The maximum absolute atomic E-state index is 12.5. The fraction of sp³-hybridized carbons (Fsp3) is 0.562. The average molecular weight is 311 g/mol. The number of hydrogen-bond donors (Lipinski definition) is 2. The van der Waals surface area contributed by atoms with E-state index in [1.54, 1.807) is 25.2 Å².